The van der Waals surface area contributed by atoms with E-state index in [0.29, 0.717) is 17.4 Å². The molecule has 0 fully saturated rings. The first kappa shape index (κ1) is 12.4. The molecule has 0 unspecified atom stereocenters. The second-order valence-electron chi connectivity index (χ2n) is 4.53. The van der Waals surface area contributed by atoms with E-state index in [1.54, 1.807) is 11.8 Å². The normalized spacial score (nSPS) is 10.9. The highest BCUT2D eigenvalue weighted by Crippen LogP contribution is 2.27. The Bertz CT molecular complexity index is 560. The van der Waals surface area contributed by atoms with Crippen LogP contribution in [0.5, 0.6) is 5.75 Å². The van der Waals surface area contributed by atoms with Crippen LogP contribution in [0.3, 0.4) is 0 Å². The summed E-state index contributed by atoms with van der Waals surface area (Å²) in [4.78, 5) is 4.53. The summed E-state index contributed by atoms with van der Waals surface area (Å²) in [7, 11) is 3.49. The molecule has 1 aromatic carbocycles. The Labute approximate surface area is 107 Å². The molecule has 5 heteroatoms. The molecule has 0 radical (unpaired) electrons. The predicted octanol–water partition coefficient (Wildman–Crippen LogP) is 2.20. The van der Waals surface area contributed by atoms with E-state index in [1.165, 1.54) is 0 Å². The van der Waals surface area contributed by atoms with Crippen molar-refractivity contribution in [3.63, 3.8) is 0 Å². The molecule has 0 saturated carbocycles. The molecule has 1 heterocycles. The molecule has 0 bridgehead atoms. The maximum absolute atomic E-state index is 5.90. The van der Waals surface area contributed by atoms with Gasteiger partial charge in [0.15, 0.2) is 11.6 Å². The molecule has 0 aliphatic carbocycles. The lowest BCUT2D eigenvalue weighted by Crippen LogP contribution is -1.97. The van der Waals surface area contributed by atoms with Crippen molar-refractivity contribution in [2.24, 2.45) is 7.05 Å². The minimum Gasteiger partial charge on any atom is -0.495 e. The Hall–Kier alpha value is -2.04. The zero-order valence-electron chi connectivity index (χ0n) is 11.1. The number of hydrogen-bond donors (Lipinski definition) is 1. The van der Waals surface area contributed by atoms with Gasteiger partial charge in [0.05, 0.1) is 12.8 Å². The van der Waals surface area contributed by atoms with Crippen LogP contribution in [0.2, 0.25) is 0 Å². The second-order valence-corrected chi connectivity index (χ2v) is 4.53. The molecule has 2 aromatic rings. The lowest BCUT2D eigenvalue weighted by Gasteiger charge is -2.06. The Morgan fingerprint density at radius 1 is 1.33 bits per heavy atom. The van der Waals surface area contributed by atoms with Crippen LogP contribution < -0.4 is 10.5 Å². The molecule has 0 amide bonds. The molecular weight excluding hydrogens is 228 g/mol. The summed E-state index contributed by atoms with van der Waals surface area (Å²) < 4.78 is 6.92. The standard InChI is InChI=1S/C13H18N4O/c1-8(2)12-15-13(17(3)16-12)9-5-6-11(18-4)10(14)7-9/h5-8H,14H2,1-4H3. The van der Waals surface area contributed by atoms with Crippen molar-refractivity contribution in [3.8, 4) is 17.1 Å². The Morgan fingerprint density at radius 3 is 2.56 bits per heavy atom. The summed E-state index contributed by atoms with van der Waals surface area (Å²) >= 11 is 0. The van der Waals surface area contributed by atoms with Crippen LogP contribution >= 0.6 is 0 Å². The van der Waals surface area contributed by atoms with E-state index in [9.17, 15) is 0 Å². The molecule has 0 atom stereocenters. The quantitative estimate of drug-likeness (QED) is 0.843. The molecule has 18 heavy (non-hydrogen) atoms. The highest BCUT2D eigenvalue weighted by atomic mass is 16.5. The number of nitrogen functional groups attached to an aromatic ring is 1. The first-order valence-corrected chi connectivity index (χ1v) is 5.87. The number of rotatable bonds is 3. The van der Waals surface area contributed by atoms with E-state index >= 15 is 0 Å². The van der Waals surface area contributed by atoms with Crippen LogP contribution in [-0.2, 0) is 7.05 Å². The maximum Gasteiger partial charge on any atom is 0.158 e. The van der Waals surface area contributed by atoms with Crippen LogP contribution in [0.25, 0.3) is 11.4 Å². The summed E-state index contributed by atoms with van der Waals surface area (Å²) in [6.45, 7) is 4.14. The minimum absolute atomic E-state index is 0.306. The van der Waals surface area contributed by atoms with Crippen molar-refractivity contribution in [3.05, 3.63) is 24.0 Å². The number of methoxy groups -OCH3 is 1. The fourth-order valence-electron chi connectivity index (χ4n) is 1.77. The number of ether oxygens (including phenoxy) is 1. The monoisotopic (exact) mass is 246 g/mol. The maximum atomic E-state index is 5.90. The van der Waals surface area contributed by atoms with Crippen molar-refractivity contribution in [1.82, 2.24) is 14.8 Å². The lowest BCUT2D eigenvalue weighted by atomic mass is 10.1. The topological polar surface area (TPSA) is 66.0 Å². The molecule has 5 nitrogen and oxygen atoms in total. The van der Waals surface area contributed by atoms with Gasteiger partial charge in [0, 0.05) is 18.5 Å². The van der Waals surface area contributed by atoms with Crippen molar-refractivity contribution in [2.45, 2.75) is 19.8 Å². The van der Waals surface area contributed by atoms with E-state index in [0.717, 1.165) is 17.2 Å². The smallest absolute Gasteiger partial charge is 0.158 e. The molecule has 2 N–H and O–H groups in total. The average molecular weight is 246 g/mol. The summed E-state index contributed by atoms with van der Waals surface area (Å²) in [6.07, 6.45) is 0. The van der Waals surface area contributed by atoms with Crippen molar-refractivity contribution in [1.29, 1.82) is 0 Å². The number of nitrogens with two attached hydrogens (primary N) is 1. The SMILES string of the molecule is COc1ccc(-c2nc(C(C)C)nn2C)cc1N. The first-order valence-electron chi connectivity index (χ1n) is 5.87. The van der Waals surface area contributed by atoms with Gasteiger partial charge in [-0.15, -0.1) is 0 Å². The van der Waals surface area contributed by atoms with Gasteiger partial charge in [0.25, 0.3) is 0 Å². The van der Waals surface area contributed by atoms with Crippen LogP contribution in [0, 0.1) is 0 Å². The zero-order valence-corrected chi connectivity index (χ0v) is 11.1. The Balaban J connectivity index is 2.45. The van der Waals surface area contributed by atoms with E-state index in [1.807, 2.05) is 25.2 Å². The van der Waals surface area contributed by atoms with E-state index < -0.39 is 0 Å². The van der Waals surface area contributed by atoms with Gasteiger partial charge in [-0.2, -0.15) is 5.10 Å². The van der Waals surface area contributed by atoms with Crippen LogP contribution in [0.4, 0.5) is 5.69 Å². The summed E-state index contributed by atoms with van der Waals surface area (Å²) in [6, 6.07) is 5.63. The molecular formula is C13H18N4O. The van der Waals surface area contributed by atoms with Crippen molar-refractivity contribution < 1.29 is 4.74 Å². The van der Waals surface area contributed by atoms with E-state index in [4.69, 9.17) is 10.5 Å². The molecule has 0 aliphatic heterocycles. The molecule has 0 spiro atoms. The molecule has 1 aromatic heterocycles. The largest absolute Gasteiger partial charge is 0.495 e. The fraction of sp³-hybridized carbons (Fsp3) is 0.385. The third-order valence-corrected chi connectivity index (χ3v) is 2.78. The second kappa shape index (κ2) is 4.68. The zero-order chi connectivity index (χ0) is 13.3. The molecule has 0 saturated heterocycles. The van der Waals surface area contributed by atoms with Crippen LogP contribution in [0.1, 0.15) is 25.6 Å². The minimum atomic E-state index is 0.306. The van der Waals surface area contributed by atoms with Crippen molar-refractivity contribution >= 4 is 5.69 Å². The van der Waals surface area contributed by atoms with E-state index in [2.05, 4.69) is 23.9 Å². The van der Waals surface area contributed by atoms with Gasteiger partial charge in [-0.05, 0) is 18.2 Å². The fourth-order valence-corrected chi connectivity index (χ4v) is 1.77. The van der Waals surface area contributed by atoms with Gasteiger partial charge in [-0.3, -0.25) is 0 Å². The average Bonchev–Trinajstić information content (AvgIpc) is 2.71. The van der Waals surface area contributed by atoms with Gasteiger partial charge in [-0.25, -0.2) is 9.67 Å². The van der Waals surface area contributed by atoms with Gasteiger partial charge in [0.1, 0.15) is 5.75 Å². The third kappa shape index (κ3) is 2.16. The lowest BCUT2D eigenvalue weighted by molar-refractivity contribution is 0.417. The molecule has 0 aliphatic rings. The number of aromatic nitrogens is 3. The van der Waals surface area contributed by atoms with Gasteiger partial charge >= 0.3 is 0 Å². The summed E-state index contributed by atoms with van der Waals surface area (Å²) in [5, 5.41) is 4.39. The first-order chi connectivity index (χ1) is 8.52. The predicted molar refractivity (Wildman–Crippen MR) is 71.5 cm³/mol. The highest BCUT2D eigenvalue weighted by molar-refractivity contribution is 5.66. The number of nitrogens with zero attached hydrogens (tertiary/aromatic N) is 3. The number of anilines is 1. The molecule has 2 rings (SSSR count). The van der Waals surface area contributed by atoms with Gasteiger partial charge in [0.2, 0.25) is 0 Å². The summed E-state index contributed by atoms with van der Waals surface area (Å²) in [5.74, 6) is 2.63. The highest BCUT2D eigenvalue weighted by Gasteiger charge is 2.13. The van der Waals surface area contributed by atoms with Crippen LogP contribution in [-0.4, -0.2) is 21.9 Å². The van der Waals surface area contributed by atoms with Gasteiger partial charge in [-0.1, -0.05) is 13.8 Å². The summed E-state index contributed by atoms with van der Waals surface area (Å²) in [5.41, 5.74) is 7.44. The number of hydrogen-bond acceptors (Lipinski definition) is 4. The molecule has 96 valence electrons. The third-order valence-electron chi connectivity index (χ3n) is 2.78. The van der Waals surface area contributed by atoms with Gasteiger partial charge < -0.3 is 10.5 Å². The number of benzene rings is 1. The van der Waals surface area contributed by atoms with Crippen molar-refractivity contribution in [2.75, 3.05) is 12.8 Å². The Morgan fingerprint density at radius 2 is 2.06 bits per heavy atom. The van der Waals surface area contributed by atoms with Crippen LogP contribution in [0.15, 0.2) is 18.2 Å². The Kier molecular flexibility index (Phi) is 3.23. The van der Waals surface area contributed by atoms with E-state index in [-0.39, 0.29) is 0 Å². The number of aryl methyl sites for hydroxylation is 1.